The summed E-state index contributed by atoms with van der Waals surface area (Å²) >= 11 is 0. The predicted octanol–water partition coefficient (Wildman–Crippen LogP) is 8.14. The second-order valence-electron chi connectivity index (χ2n) is 13.3. The fourth-order valence-corrected chi connectivity index (χ4v) is 4.24. The number of phenols is 2. The van der Waals surface area contributed by atoms with Gasteiger partial charge in [-0.1, -0.05) is 83.1 Å². The van der Waals surface area contributed by atoms with E-state index in [0.717, 1.165) is 22.3 Å². The lowest BCUT2D eigenvalue weighted by molar-refractivity contribution is 0.404. The molecule has 0 radical (unpaired) electrons. The number of aromatic hydroxyl groups is 2. The van der Waals surface area contributed by atoms with Crippen LogP contribution in [0.1, 0.15) is 105 Å². The highest BCUT2D eigenvalue weighted by Crippen LogP contribution is 2.58. The van der Waals surface area contributed by atoms with E-state index in [0.29, 0.717) is 22.9 Å². The summed E-state index contributed by atoms with van der Waals surface area (Å²) in [7, 11) is 0. The second-order valence-corrected chi connectivity index (χ2v) is 13.3. The molecule has 0 aromatic heterocycles. The third-order valence-electron chi connectivity index (χ3n) is 6.19. The molecule has 0 atom stereocenters. The minimum Gasteiger partial charge on any atom is -0.505 e. The lowest BCUT2D eigenvalue weighted by atomic mass is 9.77. The minimum atomic E-state index is -0.257. The number of rotatable bonds is 0. The van der Waals surface area contributed by atoms with E-state index >= 15 is 0 Å². The van der Waals surface area contributed by atoms with Gasteiger partial charge in [-0.05, 0) is 33.8 Å². The molecule has 176 valence electrons. The smallest absolute Gasteiger partial charge is 0.158 e. The van der Waals surface area contributed by atoms with E-state index < -0.39 is 0 Å². The zero-order chi connectivity index (χ0) is 24.6. The second kappa shape index (κ2) is 7.07. The monoisotopic (exact) mass is 439 g/mol. The summed E-state index contributed by atoms with van der Waals surface area (Å²) < 4.78 is 6.61. The Morgan fingerprint density at radius 1 is 0.531 bits per heavy atom. The Labute approximate surface area is 194 Å². The lowest BCUT2D eigenvalue weighted by Gasteiger charge is -2.36. The van der Waals surface area contributed by atoms with Gasteiger partial charge in [0.1, 0.15) is 22.9 Å². The molecule has 0 saturated heterocycles. The largest absolute Gasteiger partial charge is 0.505 e. The SMILES string of the molecule is CC(C)(C)c1cc(C(C)(C)C)c2c(c1O)Nc1c(O)c(C(C)(C)C)cc(C(C)(C)C)c1O2. The van der Waals surface area contributed by atoms with Gasteiger partial charge in [-0.25, -0.2) is 0 Å². The highest BCUT2D eigenvalue weighted by Gasteiger charge is 2.38. The van der Waals surface area contributed by atoms with Gasteiger partial charge in [0, 0.05) is 22.3 Å². The Balaban J connectivity index is 2.42. The van der Waals surface area contributed by atoms with Crippen LogP contribution in [0.2, 0.25) is 0 Å². The first-order valence-electron chi connectivity index (χ1n) is 11.5. The number of ether oxygens (including phenoxy) is 1. The number of hydrogen-bond acceptors (Lipinski definition) is 4. The first-order valence-corrected chi connectivity index (χ1v) is 11.5. The quantitative estimate of drug-likeness (QED) is 0.309. The third-order valence-corrected chi connectivity index (χ3v) is 6.19. The van der Waals surface area contributed by atoms with Crippen molar-refractivity contribution in [1.82, 2.24) is 0 Å². The van der Waals surface area contributed by atoms with E-state index in [-0.39, 0.29) is 33.2 Å². The van der Waals surface area contributed by atoms with Crippen molar-refractivity contribution in [3.63, 3.8) is 0 Å². The van der Waals surface area contributed by atoms with Crippen LogP contribution in [0.3, 0.4) is 0 Å². The molecule has 1 heterocycles. The van der Waals surface area contributed by atoms with Crippen molar-refractivity contribution in [3.05, 3.63) is 34.4 Å². The van der Waals surface area contributed by atoms with Gasteiger partial charge in [-0.2, -0.15) is 0 Å². The fraction of sp³-hybridized carbons (Fsp3) is 0.571. The van der Waals surface area contributed by atoms with Gasteiger partial charge in [0.15, 0.2) is 11.5 Å². The summed E-state index contributed by atoms with van der Waals surface area (Å²) in [5, 5.41) is 26.0. The van der Waals surface area contributed by atoms with Crippen molar-refractivity contribution in [2.24, 2.45) is 0 Å². The number of hydrogen-bond donors (Lipinski definition) is 3. The van der Waals surface area contributed by atoms with E-state index in [2.05, 4.69) is 101 Å². The molecule has 0 unspecified atom stereocenters. The molecule has 0 aliphatic carbocycles. The summed E-state index contributed by atoms with van der Waals surface area (Å²) in [6.45, 7) is 25.4. The molecule has 2 aromatic carbocycles. The van der Waals surface area contributed by atoms with Gasteiger partial charge < -0.3 is 20.3 Å². The Morgan fingerprint density at radius 3 is 1.06 bits per heavy atom. The molecule has 4 heteroatoms. The summed E-state index contributed by atoms with van der Waals surface area (Å²) in [4.78, 5) is 0. The van der Waals surface area contributed by atoms with Crippen molar-refractivity contribution in [3.8, 4) is 23.0 Å². The van der Waals surface area contributed by atoms with Crippen LogP contribution in [0.25, 0.3) is 0 Å². The molecule has 0 amide bonds. The predicted molar refractivity (Wildman–Crippen MR) is 134 cm³/mol. The Kier molecular flexibility index (Phi) is 5.36. The van der Waals surface area contributed by atoms with Crippen LogP contribution in [0.5, 0.6) is 23.0 Å². The minimum absolute atomic E-state index is 0.170. The summed E-state index contributed by atoms with van der Waals surface area (Å²) in [6.07, 6.45) is 0. The fourth-order valence-electron chi connectivity index (χ4n) is 4.24. The van der Waals surface area contributed by atoms with Gasteiger partial charge in [-0.3, -0.25) is 0 Å². The van der Waals surface area contributed by atoms with Crippen LogP contribution >= 0.6 is 0 Å². The average Bonchev–Trinajstić information content (AvgIpc) is 2.56. The maximum atomic E-state index is 11.3. The molecule has 0 bridgehead atoms. The molecule has 0 saturated carbocycles. The van der Waals surface area contributed by atoms with Crippen molar-refractivity contribution in [1.29, 1.82) is 0 Å². The van der Waals surface area contributed by atoms with Gasteiger partial charge in [0.2, 0.25) is 0 Å². The Bertz CT molecular complexity index is 983. The molecule has 3 N–H and O–H groups in total. The third kappa shape index (κ3) is 4.04. The molecule has 0 fully saturated rings. The molecule has 1 aliphatic heterocycles. The molecular weight excluding hydrogens is 398 g/mol. The van der Waals surface area contributed by atoms with Crippen molar-refractivity contribution < 1.29 is 14.9 Å². The van der Waals surface area contributed by atoms with Crippen molar-refractivity contribution in [2.75, 3.05) is 5.32 Å². The van der Waals surface area contributed by atoms with E-state index in [1.165, 1.54) is 0 Å². The molecule has 0 spiro atoms. The van der Waals surface area contributed by atoms with Crippen molar-refractivity contribution in [2.45, 2.75) is 105 Å². The zero-order valence-corrected chi connectivity index (χ0v) is 22.0. The number of phenolic OH excluding ortho intramolecular Hbond substituents is 2. The molecule has 4 nitrogen and oxygen atoms in total. The normalized spacial score (nSPS) is 14.4. The van der Waals surface area contributed by atoms with E-state index in [1.807, 2.05) is 0 Å². The molecule has 3 rings (SSSR count). The first kappa shape index (κ1) is 24.3. The van der Waals surface area contributed by atoms with E-state index in [4.69, 9.17) is 4.74 Å². The van der Waals surface area contributed by atoms with Crippen LogP contribution in [0.4, 0.5) is 11.4 Å². The Hall–Kier alpha value is -2.36. The maximum absolute atomic E-state index is 11.3. The number of fused-ring (bicyclic) bond motifs is 2. The van der Waals surface area contributed by atoms with Gasteiger partial charge in [0.25, 0.3) is 0 Å². The van der Waals surface area contributed by atoms with Crippen LogP contribution in [-0.4, -0.2) is 10.2 Å². The van der Waals surface area contributed by atoms with E-state index in [1.54, 1.807) is 0 Å². The lowest BCUT2D eigenvalue weighted by Crippen LogP contribution is -2.23. The van der Waals surface area contributed by atoms with E-state index in [9.17, 15) is 10.2 Å². The number of anilines is 2. The number of nitrogens with one attached hydrogen (secondary N) is 1. The van der Waals surface area contributed by atoms with Gasteiger partial charge in [0.05, 0.1) is 0 Å². The molecule has 1 aliphatic rings. The summed E-state index contributed by atoms with van der Waals surface area (Å²) in [5.74, 6) is 1.60. The number of benzene rings is 2. The van der Waals surface area contributed by atoms with Crippen molar-refractivity contribution >= 4 is 11.4 Å². The van der Waals surface area contributed by atoms with Crippen LogP contribution < -0.4 is 10.1 Å². The average molecular weight is 440 g/mol. The standard InChI is InChI=1S/C28H41NO3/c1-25(2,3)15-13-17(27(7,8)9)23-19(21(15)30)29-20-22(31)16(26(4,5)6)14-18(24(20)32-23)28(10,11)12/h13-14,29-31H,1-12H3. The highest BCUT2D eigenvalue weighted by molar-refractivity contribution is 5.88. The van der Waals surface area contributed by atoms with Gasteiger partial charge in [-0.15, -0.1) is 0 Å². The highest BCUT2D eigenvalue weighted by atomic mass is 16.5. The maximum Gasteiger partial charge on any atom is 0.158 e. The molecular formula is C28H41NO3. The van der Waals surface area contributed by atoms with Crippen LogP contribution in [0.15, 0.2) is 12.1 Å². The Morgan fingerprint density at radius 2 is 0.812 bits per heavy atom. The summed E-state index contributed by atoms with van der Waals surface area (Å²) in [5.41, 5.74) is 3.87. The molecule has 2 aromatic rings. The molecule has 32 heavy (non-hydrogen) atoms. The summed E-state index contributed by atoms with van der Waals surface area (Å²) in [6, 6.07) is 4.14. The first-order chi connectivity index (χ1) is 14.2. The zero-order valence-electron chi connectivity index (χ0n) is 22.0. The van der Waals surface area contributed by atoms with Crippen LogP contribution in [-0.2, 0) is 21.7 Å². The topological polar surface area (TPSA) is 61.7 Å². The van der Waals surface area contributed by atoms with Gasteiger partial charge >= 0.3 is 0 Å². The van der Waals surface area contributed by atoms with Crippen LogP contribution in [0, 0.1) is 0 Å².